The van der Waals surface area contributed by atoms with Gasteiger partial charge in [0.05, 0.1) is 18.0 Å². The Morgan fingerprint density at radius 1 is 1.30 bits per heavy atom. The van der Waals surface area contributed by atoms with Gasteiger partial charge in [0.1, 0.15) is 17.7 Å². The number of nitrogens with two attached hydrogens (primary N) is 1. The van der Waals surface area contributed by atoms with Crippen LogP contribution in [0.4, 0.5) is 22.0 Å². The minimum absolute atomic E-state index is 0.0505. The van der Waals surface area contributed by atoms with Crippen molar-refractivity contribution in [3.63, 3.8) is 0 Å². The van der Waals surface area contributed by atoms with Crippen LogP contribution in [0.1, 0.15) is 47.0 Å². The van der Waals surface area contributed by atoms with Crippen molar-refractivity contribution in [2.24, 2.45) is 12.8 Å². The van der Waals surface area contributed by atoms with Gasteiger partial charge in [-0.15, -0.1) is 0 Å². The number of fused-ring (bicyclic) bond motifs is 1. The maximum atomic E-state index is 14.2. The van der Waals surface area contributed by atoms with Crippen LogP contribution in [0.2, 0.25) is 0 Å². The fourth-order valence-electron chi connectivity index (χ4n) is 4.51. The lowest BCUT2D eigenvalue weighted by molar-refractivity contribution is -0.269. The van der Waals surface area contributed by atoms with Crippen LogP contribution in [0.25, 0.3) is 0 Å². The first kappa shape index (κ1) is 23.6. The Bertz CT molecular complexity index is 1060. The van der Waals surface area contributed by atoms with Gasteiger partial charge in [-0.05, 0) is 31.5 Å². The molecule has 2 aromatic rings. The maximum Gasteiger partial charge on any atom is 0.416 e. The van der Waals surface area contributed by atoms with Crippen LogP contribution in [-0.4, -0.2) is 51.4 Å². The third-order valence-electron chi connectivity index (χ3n) is 6.06. The molecule has 7 nitrogen and oxygen atoms in total. The topological polar surface area (TPSA) is 82.6 Å². The number of halogens is 5. The fourth-order valence-corrected chi connectivity index (χ4v) is 4.51. The average molecular weight is 474 g/mol. The van der Waals surface area contributed by atoms with E-state index in [9.17, 15) is 26.7 Å². The predicted octanol–water partition coefficient (Wildman–Crippen LogP) is 2.98. The SMILES string of the molecule is CCOC(=O)c1nc2c(n1C)CN([C@@H]1C[C@H](N)[C@@H](c3cc(F)ccc3F)O[C@@H]1C(F)(F)F)C2. The van der Waals surface area contributed by atoms with Gasteiger partial charge >= 0.3 is 12.1 Å². The van der Waals surface area contributed by atoms with E-state index in [0.29, 0.717) is 11.4 Å². The minimum Gasteiger partial charge on any atom is -0.460 e. The zero-order chi connectivity index (χ0) is 24.1. The van der Waals surface area contributed by atoms with Crippen molar-refractivity contribution in [3.8, 4) is 0 Å². The van der Waals surface area contributed by atoms with Gasteiger partial charge < -0.3 is 19.8 Å². The van der Waals surface area contributed by atoms with E-state index in [1.54, 1.807) is 14.0 Å². The van der Waals surface area contributed by atoms with E-state index in [1.165, 1.54) is 9.47 Å². The number of ether oxygens (including phenoxy) is 2. The highest BCUT2D eigenvalue weighted by molar-refractivity contribution is 5.85. The third kappa shape index (κ3) is 4.34. The van der Waals surface area contributed by atoms with Gasteiger partial charge in [0.25, 0.3) is 0 Å². The summed E-state index contributed by atoms with van der Waals surface area (Å²) in [4.78, 5) is 17.8. The molecule has 4 atom stereocenters. The molecular formula is C21H23F5N4O3. The first-order chi connectivity index (χ1) is 15.5. The van der Waals surface area contributed by atoms with E-state index < -0.39 is 48.1 Å². The summed E-state index contributed by atoms with van der Waals surface area (Å²) in [6, 6.07) is 0.334. The highest BCUT2D eigenvalue weighted by Crippen LogP contribution is 2.42. The van der Waals surface area contributed by atoms with Crippen LogP contribution in [0.15, 0.2) is 18.2 Å². The van der Waals surface area contributed by atoms with Crippen molar-refractivity contribution in [2.75, 3.05) is 6.61 Å². The van der Waals surface area contributed by atoms with Gasteiger partial charge in [-0.1, -0.05) is 0 Å². The van der Waals surface area contributed by atoms with Crippen LogP contribution < -0.4 is 5.73 Å². The molecular weight excluding hydrogens is 451 g/mol. The van der Waals surface area contributed by atoms with Gasteiger partial charge in [0.2, 0.25) is 5.82 Å². The number of benzene rings is 1. The first-order valence-electron chi connectivity index (χ1n) is 10.4. The smallest absolute Gasteiger partial charge is 0.416 e. The van der Waals surface area contributed by atoms with Crippen molar-refractivity contribution in [2.45, 2.75) is 56.9 Å². The molecule has 0 aliphatic carbocycles. The van der Waals surface area contributed by atoms with Crippen molar-refractivity contribution in [3.05, 3.63) is 52.6 Å². The molecule has 3 heterocycles. The van der Waals surface area contributed by atoms with Gasteiger partial charge in [-0.25, -0.2) is 18.6 Å². The quantitative estimate of drug-likeness (QED) is 0.542. The largest absolute Gasteiger partial charge is 0.460 e. The third-order valence-corrected chi connectivity index (χ3v) is 6.06. The standard InChI is InChI=1S/C21H23F5N4O3/c1-3-32-20(31)19-28-14-8-30(9-16(14)29(19)2)15-7-13(27)17(33-18(15)21(24,25)26)11-6-10(22)4-5-12(11)23/h4-6,13,15,17-18H,3,7-9,27H2,1-2H3/t13-,15+,17+,18-/m0/s1. The molecule has 33 heavy (non-hydrogen) atoms. The van der Waals surface area contributed by atoms with E-state index in [2.05, 4.69) is 4.98 Å². The molecule has 0 amide bonds. The molecule has 12 heteroatoms. The number of nitrogens with zero attached hydrogens (tertiary/aromatic N) is 3. The summed E-state index contributed by atoms with van der Waals surface area (Å²) in [5.41, 5.74) is 6.82. The van der Waals surface area contributed by atoms with Crippen molar-refractivity contribution in [1.29, 1.82) is 0 Å². The van der Waals surface area contributed by atoms with Crippen LogP contribution in [0, 0.1) is 11.6 Å². The van der Waals surface area contributed by atoms with Gasteiger partial charge in [-0.3, -0.25) is 4.90 Å². The predicted molar refractivity (Wildman–Crippen MR) is 105 cm³/mol. The number of hydrogen-bond acceptors (Lipinski definition) is 6. The van der Waals surface area contributed by atoms with E-state index in [-0.39, 0.29) is 37.5 Å². The average Bonchev–Trinajstić information content (AvgIpc) is 3.28. The summed E-state index contributed by atoms with van der Waals surface area (Å²) < 4.78 is 81.6. The molecule has 0 spiro atoms. The summed E-state index contributed by atoms with van der Waals surface area (Å²) in [6.45, 7) is 1.96. The number of alkyl halides is 3. The number of esters is 1. The van der Waals surface area contributed by atoms with Crippen molar-refractivity contribution in [1.82, 2.24) is 14.5 Å². The molecule has 180 valence electrons. The normalized spacial score (nSPS) is 25.8. The van der Waals surface area contributed by atoms with E-state index >= 15 is 0 Å². The molecule has 2 aliphatic rings. The number of imidazole rings is 1. The summed E-state index contributed by atoms with van der Waals surface area (Å²) >= 11 is 0. The zero-order valence-electron chi connectivity index (χ0n) is 17.9. The Kier molecular flexibility index (Phi) is 6.18. The Labute approximate surface area is 186 Å². The molecule has 1 aromatic carbocycles. The Morgan fingerprint density at radius 2 is 2.03 bits per heavy atom. The molecule has 1 saturated heterocycles. The number of rotatable bonds is 4. The molecule has 4 rings (SSSR count). The Morgan fingerprint density at radius 3 is 2.67 bits per heavy atom. The van der Waals surface area contributed by atoms with Crippen LogP contribution >= 0.6 is 0 Å². The second-order valence-electron chi connectivity index (χ2n) is 8.16. The van der Waals surface area contributed by atoms with Crippen LogP contribution in [0.3, 0.4) is 0 Å². The molecule has 0 unspecified atom stereocenters. The van der Waals surface area contributed by atoms with Gasteiger partial charge in [0.15, 0.2) is 6.10 Å². The second-order valence-corrected chi connectivity index (χ2v) is 8.16. The summed E-state index contributed by atoms with van der Waals surface area (Å²) in [7, 11) is 1.59. The molecule has 0 bridgehead atoms. The van der Waals surface area contributed by atoms with E-state index in [1.807, 2.05) is 0 Å². The van der Waals surface area contributed by atoms with Crippen molar-refractivity contribution >= 4 is 5.97 Å². The van der Waals surface area contributed by atoms with E-state index in [0.717, 1.165) is 18.2 Å². The first-order valence-corrected chi connectivity index (χ1v) is 10.4. The minimum atomic E-state index is -4.77. The molecule has 2 aliphatic heterocycles. The fraction of sp³-hybridized carbons (Fsp3) is 0.524. The van der Waals surface area contributed by atoms with Crippen molar-refractivity contribution < 1.29 is 36.2 Å². The highest BCUT2D eigenvalue weighted by Gasteiger charge is 2.54. The highest BCUT2D eigenvalue weighted by atomic mass is 19.4. The van der Waals surface area contributed by atoms with Crippen LogP contribution in [-0.2, 0) is 29.6 Å². The van der Waals surface area contributed by atoms with Gasteiger partial charge in [-0.2, -0.15) is 13.2 Å². The molecule has 2 N–H and O–H groups in total. The zero-order valence-corrected chi connectivity index (χ0v) is 17.9. The number of carbonyl (C=O) groups excluding carboxylic acids is 1. The maximum absolute atomic E-state index is 14.2. The second kappa shape index (κ2) is 8.65. The molecule has 1 aromatic heterocycles. The summed E-state index contributed by atoms with van der Waals surface area (Å²) in [6.07, 6.45) is -8.67. The number of carbonyl (C=O) groups is 1. The summed E-state index contributed by atoms with van der Waals surface area (Å²) in [5, 5.41) is 0. The number of hydrogen-bond donors (Lipinski definition) is 1. The molecule has 0 radical (unpaired) electrons. The van der Waals surface area contributed by atoms with Crippen LogP contribution in [0.5, 0.6) is 0 Å². The van der Waals surface area contributed by atoms with Gasteiger partial charge in [0, 0.05) is 37.8 Å². The lowest BCUT2D eigenvalue weighted by Gasteiger charge is -2.44. The Balaban J connectivity index is 1.59. The monoisotopic (exact) mass is 474 g/mol. The summed E-state index contributed by atoms with van der Waals surface area (Å²) in [5.74, 6) is -2.23. The molecule has 1 fully saturated rings. The number of aromatic nitrogens is 2. The molecule has 0 saturated carbocycles. The lowest BCUT2D eigenvalue weighted by Crippen LogP contribution is -2.58. The lowest BCUT2D eigenvalue weighted by atomic mass is 9.89. The Hall–Kier alpha value is -2.57. The van der Waals surface area contributed by atoms with E-state index in [4.69, 9.17) is 15.2 Å².